The lowest BCUT2D eigenvalue weighted by molar-refractivity contribution is -0.214. The minimum atomic E-state index is -0.649. The second kappa shape index (κ2) is 7.61. The molecule has 0 N–H and O–H groups in total. The molecule has 6 atom stereocenters. The molecule has 2 fully saturated rings. The molecule has 0 aromatic rings. The summed E-state index contributed by atoms with van der Waals surface area (Å²) in [7, 11) is 1.69. The number of ether oxygens (including phenoxy) is 3. The van der Waals surface area contributed by atoms with Crippen molar-refractivity contribution in [1.29, 1.82) is 0 Å². The van der Waals surface area contributed by atoms with E-state index in [2.05, 4.69) is 44.7 Å². The van der Waals surface area contributed by atoms with E-state index in [0.29, 0.717) is 4.83 Å². The standard InChI is InChI=1S/C16H22Br2O3/c1-4-6-7-8-15(18)16(19-3)10-14-13(21-16)9-11(17)12(5-2)20-14/h1,6-7,11-15H,5,8-10H2,2-3H3. The van der Waals surface area contributed by atoms with Gasteiger partial charge in [0.1, 0.15) is 0 Å². The van der Waals surface area contributed by atoms with E-state index < -0.39 is 5.79 Å². The number of alkyl halides is 2. The van der Waals surface area contributed by atoms with Crippen molar-refractivity contribution in [3.63, 3.8) is 0 Å². The Morgan fingerprint density at radius 3 is 2.90 bits per heavy atom. The Balaban J connectivity index is 2.06. The van der Waals surface area contributed by atoms with Crippen LogP contribution in [-0.4, -0.2) is 40.9 Å². The molecular weight excluding hydrogens is 400 g/mol. The maximum absolute atomic E-state index is 6.25. The highest BCUT2D eigenvalue weighted by Crippen LogP contribution is 2.45. The van der Waals surface area contributed by atoms with E-state index in [1.165, 1.54) is 0 Å². The first kappa shape index (κ1) is 17.5. The number of halogens is 2. The van der Waals surface area contributed by atoms with Crippen LogP contribution in [0.5, 0.6) is 0 Å². The molecule has 0 bridgehead atoms. The van der Waals surface area contributed by atoms with E-state index in [4.69, 9.17) is 20.6 Å². The van der Waals surface area contributed by atoms with Crippen LogP contribution in [0.4, 0.5) is 0 Å². The highest BCUT2D eigenvalue weighted by atomic mass is 79.9. The third-order valence-electron chi connectivity index (χ3n) is 4.24. The van der Waals surface area contributed by atoms with Gasteiger partial charge in [0.15, 0.2) is 5.79 Å². The van der Waals surface area contributed by atoms with Gasteiger partial charge in [-0.05, 0) is 25.3 Å². The number of methoxy groups -OCH3 is 1. The van der Waals surface area contributed by atoms with Crippen LogP contribution in [0.1, 0.15) is 32.6 Å². The molecule has 2 saturated heterocycles. The molecule has 118 valence electrons. The molecule has 5 heteroatoms. The van der Waals surface area contributed by atoms with Gasteiger partial charge < -0.3 is 14.2 Å². The number of hydrogen-bond donors (Lipinski definition) is 0. The molecule has 3 nitrogen and oxygen atoms in total. The monoisotopic (exact) mass is 420 g/mol. The first-order chi connectivity index (χ1) is 10.1. The van der Waals surface area contributed by atoms with E-state index >= 15 is 0 Å². The minimum Gasteiger partial charge on any atom is -0.371 e. The number of allylic oxidation sites excluding steroid dienone is 2. The lowest BCUT2D eigenvalue weighted by atomic mass is 9.97. The maximum Gasteiger partial charge on any atom is 0.183 e. The maximum atomic E-state index is 6.25. The van der Waals surface area contributed by atoms with Gasteiger partial charge in [-0.15, -0.1) is 6.42 Å². The van der Waals surface area contributed by atoms with E-state index in [1.54, 1.807) is 13.2 Å². The van der Waals surface area contributed by atoms with Crippen molar-refractivity contribution >= 4 is 31.9 Å². The minimum absolute atomic E-state index is 0.0441. The Morgan fingerprint density at radius 2 is 2.29 bits per heavy atom. The van der Waals surface area contributed by atoms with Gasteiger partial charge in [-0.25, -0.2) is 0 Å². The molecule has 2 aliphatic rings. The fourth-order valence-electron chi connectivity index (χ4n) is 3.06. The average Bonchev–Trinajstić information content (AvgIpc) is 2.85. The summed E-state index contributed by atoms with van der Waals surface area (Å²) in [5.74, 6) is 1.85. The number of fused-ring (bicyclic) bond motifs is 1. The van der Waals surface area contributed by atoms with Gasteiger partial charge in [0.2, 0.25) is 0 Å². The first-order valence-electron chi connectivity index (χ1n) is 7.34. The van der Waals surface area contributed by atoms with Gasteiger partial charge in [-0.1, -0.05) is 50.8 Å². The van der Waals surface area contributed by atoms with Crippen molar-refractivity contribution in [2.45, 2.75) is 66.4 Å². The zero-order valence-electron chi connectivity index (χ0n) is 12.4. The number of hydrogen-bond acceptors (Lipinski definition) is 3. The predicted molar refractivity (Wildman–Crippen MR) is 90.8 cm³/mol. The zero-order valence-corrected chi connectivity index (χ0v) is 15.6. The quantitative estimate of drug-likeness (QED) is 0.499. The molecule has 6 unspecified atom stereocenters. The fraction of sp³-hybridized carbons (Fsp3) is 0.750. The topological polar surface area (TPSA) is 27.7 Å². The number of terminal acetylenes is 1. The summed E-state index contributed by atoms with van der Waals surface area (Å²) in [6.45, 7) is 2.15. The van der Waals surface area contributed by atoms with Crippen LogP contribution in [0, 0.1) is 12.3 Å². The fourth-order valence-corrected chi connectivity index (χ4v) is 4.62. The van der Waals surface area contributed by atoms with Crippen LogP contribution in [0.15, 0.2) is 12.2 Å². The van der Waals surface area contributed by atoms with Crippen LogP contribution in [0.25, 0.3) is 0 Å². The predicted octanol–water partition coefficient (Wildman–Crippen LogP) is 3.79. The van der Waals surface area contributed by atoms with Crippen molar-refractivity contribution in [3.8, 4) is 12.3 Å². The van der Waals surface area contributed by atoms with Crippen LogP contribution in [0.3, 0.4) is 0 Å². The van der Waals surface area contributed by atoms with Gasteiger partial charge in [0, 0.05) is 18.4 Å². The summed E-state index contributed by atoms with van der Waals surface area (Å²) in [6.07, 6.45) is 12.8. The van der Waals surface area contributed by atoms with E-state index in [9.17, 15) is 0 Å². The molecular formula is C16H22Br2O3. The summed E-state index contributed by atoms with van der Waals surface area (Å²) in [4.78, 5) is 0.383. The summed E-state index contributed by atoms with van der Waals surface area (Å²) in [5, 5.41) is 0. The Bertz CT molecular complexity index is 420. The molecule has 0 aliphatic carbocycles. The van der Waals surface area contributed by atoms with Crippen molar-refractivity contribution in [1.82, 2.24) is 0 Å². The zero-order chi connectivity index (χ0) is 15.5. The average molecular weight is 422 g/mol. The molecule has 0 amide bonds. The van der Waals surface area contributed by atoms with Gasteiger partial charge in [0.25, 0.3) is 0 Å². The van der Waals surface area contributed by atoms with Crippen LogP contribution in [0.2, 0.25) is 0 Å². The molecule has 0 radical (unpaired) electrons. The first-order valence-corrected chi connectivity index (χ1v) is 9.17. The van der Waals surface area contributed by atoms with Crippen LogP contribution >= 0.6 is 31.9 Å². The van der Waals surface area contributed by atoms with E-state index in [1.807, 2.05) is 6.08 Å². The van der Waals surface area contributed by atoms with Gasteiger partial charge in [-0.2, -0.15) is 0 Å². The molecule has 21 heavy (non-hydrogen) atoms. The van der Waals surface area contributed by atoms with Crippen molar-refractivity contribution in [3.05, 3.63) is 12.2 Å². The largest absolute Gasteiger partial charge is 0.371 e. The van der Waals surface area contributed by atoms with Gasteiger partial charge in [0.05, 0.1) is 23.1 Å². The third-order valence-corrected chi connectivity index (χ3v) is 6.28. The molecule has 0 aromatic heterocycles. The second-order valence-corrected chi connectivity index (χ2v) is 7.80. The summed E-state index contributed by atoms with van der Waals surface area (Å²) in [5.41, 5.74) is 0. The SMILES string of the molecule is C#CC=CCC(Br)C1(OC)CC2OC(CC)C(Br)CC2O1. The van der Waals surface area contributed by atoms with Crippen LogP contribution < -0.4 is 0 Å². The normalized spacial score (nSPS) is 40.9. The van der Waals surface area contributed by atoms with Crippen LogP contribution in [-0.2, 0) is 14.2 Å². The summed E-state index contributed by atoms with van der Waals surface area (Å²) < 4.78 is 18.2. The third kappa shape index (κ3) is 3.73. The molecule has 0 aromatic carbocycles. The van der Waals surface area contributed by atoms with Crippen molar-refractivity contribution in [2.24, 2.45) is 0 Å². The summed E-state index contributed by atoms with van der Waals surface area (Å²) in [6, 6.07) is 0. The molecule has 2 aliphatic heterocycles. The Hall–Kier alpha value is 0.140. The lowest BCUT2D eigenvalue weighted by Crippen LogP contribution is -2.42. The van der Waals surface area contributed by atoms with Crippen molar-refractivity contribution < 1.29 is 14.2 Å². The Morgan fingerprint density at radius 1 is 1.52 bits per heavy atom. The molecule has 2 rings (SSSR count). The summed E-state index contributed by atoms with van der Waals surface area (Å²) >= 11 is 7.40. The molecule has 0 spiro atoms. The smallest absolute Gasteiger partial charge is 0.183 e. The van der Waals surface area contributed by atoms with Gasteiger partial charge >= 0.3 is 0 Å². The number of rotatable bonds is 5. The highest BCUT2D eigenvalue weighted by molar-refractivity contribution is 9.09. The Labute approximate surface area is 144 Å². The van der Waals surface area contributed by atoms with E-state index in [0.717, 1.165) is 25.7 Å². The van der Waals surface area contributed by atoms with E-state index in [-0.39, 0.29) is 23.1 Å². The lowest BCUT2D eigenvalue weighted by Gasteiger charge is -2.34. The Kier molecular flexibility index (Phi) is 6.34. The van der Waals surface area contributed by atoms with Crippen molar-refractivity contribution in [2.75, 3.05) is 7.11 Å². The second-order valence-electron chi connectivity index (χ2n) is 5.52. The molecule has 2 heterocycles. The molecule has 0 saturated carbocycles. The van der Waals surface area contributed by atoms with Gasteiger partial charge in [-0.3, -0.25) is 0 Å². The highest BCUT2D eigenvalue weighted by Gasteiger charge is 2.54.